The Morgan fingerprint density at radius 2 is 0.731 bits per heavy atom. The second-order valence-electron chi connectivity index (χ2n) is 14.9. The Kier molecular flexibility index (Phi) is 18.1. The molecule has 0 amide bonds. The van der Waals surface area contributed by atoms with Crippen molar-refractivity contribution in [2.45, 2.75) is 93.7 Å². The van der Waals surface area contributed by atoms with Crippen LogP contribution in [0.25, 0.3) is 0 Å². The van der Waals surface area contributed by atoms with Crippen LogP contribution in [-0.4, -0.2) is 126 Å². The van der Waals surface area contributed by atoms with E-state index in [1.165, 1.54) is 0 Å². The molecule has 4 aromatic carbocycles. The number of nitrogens with two attached hydrogens (primary N) is 1. The van der Waals surface area contributed by atoms with Gasteiger partial charge >= 0.3 is 41.6 Å². The van der Waals surface area contributed by atoms with Gasteiger partial charge in [0.05, 0.1) is 39.1 Å². The highest BCUT2D eigenvalue weighted by atomic mass is 32.3. The van der Waals surface area contributed by atoms with E-state index in [0.29, 0.717) is 22.3 Å². The molecule has 2 fully saturated rings. The first-order chi connectivity index (χ1) is 31.6. The van der Waals surface area contributed by atoms with Crippen LogP contribution in [0.5, 0.6) is 0 Å². The Labute approximate surface area is 386 Å². The van der Waals surface area contributed by atoms with E-state index in [0.717, 1.165) is 0 Å². The molecular formula is C40H47NO22S4. The second kappa shape index (κ2) is 23.1. The summed E-state index contributed by atoms with van der Waals surface area (Å²) in [5, 5.41) is 0. The average molecular weight is 1020 g/mol. The molecule has 67 heavy (non-hydrogen) atoms. The third-order valence-corrected chi connectivity index (χ3v) is 12.0. The van der Waals surface area contributed by atoms with Crippen LogP contribution in [0.15, 0.2) is 121 Å². The maximum Gasteiger partial charge on any atom is 0.397 e. The van der Waals surface area contributed by atoms with Gasteiger partial charge in [0.15, 0.2) is 6.29 Å². The summed E-state index contributed by atoms with van der Waals surface area (Å²) in [5.74, 6) is 0. The highest BCUT2D eigenvalue weighted by Gasteiger charge is 2.60. The minimum atomic E-state index is -5.68. The second-order valence-corrected chi connectivity index (χ2v) is 19.2. The lowest BCUT2D eigenvalue weighted by molar-refractivity contribution is -0.324. The molecular weight excluding hydrogens is 975 g/mol. The molecule has 11 atom stereocenters. The lowest BCUT2D eigenvalue weighted by Crippen LogP contribution is -2.70. The van der Waals surface area contributed by atoms with Crippen molar-refractivity contribution in [1.82, 2.24) is 0 Å². The topological polar surface area (TPSA) is 336 Å². The van der Waals surface area contributed by atoms with E-state index in [9.17, 15) is 51.9 Å². The highest BCUT2D eigenvalue weighted by Crippen LogP contribution is 2.39. The third kappa shape index (κ3) is 16.3. The molecule has 368 valence electrons. The molecule has 0 radical (unpaired) electrons. The summed E-state index contributed by atoms with van der Waals surface area (Å²) in [7, 11) is -22.1. The van der Waals surface area contributed by atoms with E-state index >= 15 is 0 Å². The molecule has 1 heterocycles. The Morgan fingerprint density at radius 3 is 1.09 bits per heavy atom. The van der Waals surface area contributed by atoms with E-state index < -0.39 is 115 Å². The molecule has 6 rings (SSSR count). The minimum Gasteiger partial charge on any atom is -0.369 e. The number of hydrogen-bond donors (Lipinski definition) is 5. The predicted molar refractivity (Wildman–Crippen MR) is 228 cm³/mol. The average Bonchev–Trinajstić information content (AvgIpc) is 3.26. The number of hydrogen-bond acceptors (Lipinski definition) is 19. The van der Waals surface area contributed by atoms with Gasteiger partial charge in [-0.3, -0.25) is 18.2 Å². The van der Waals surface area contributed by atoms with Crippen LogP contribution in [0.1, 0.15) is 22.3 Å². The van der Waals surface area contributed by atoms with Crippen LogP contribution in [0, 0.1) is 0 Å². The number of benzene rings is 4. The molecule has 23 nitrogen and oxygen atoms in total. The van der Waals surface area contributed by atoms with E-state index in [1.54, 1.807) is 121 Å². The molecule has 0 aromatic heterocycles. The van der Waals surface area contributed by atoms with Gasteiger partial charge in [0.2, 0.25) is 0 Å². The van der Waals surface area contributed by atoms with Gasteiger partial charge in [0, 0.05) is 0 Å². The van der Waals surface area contributed by atoms with Gasteiger partial charge in [-0.05, 0) is 22.3 Å². The molecule has 6 N–H and O–H groups in total. The molecule has 4 aromatic rings. The summed E-state index contributed by atoms with van der Waals surface area (Å²) >= 11 is 0. The van der Waals surface area contributed by atoms with Crippen molar-refractivity contribution >= 4 is 41.6 Å². The van der Waals surface area contributed by atoms with Gasteiger partial charge in [-0.1, -0.05) is 121 Å². The molecule has 27 heteroatoms. The van der Waals surface area contributed by atoms with Crippen molar-refractivity contribution < 1.29 is 97.0 Å². The molecule has 0 bridgehead atoms. The number of ether oxygens (including phenoxy) is 6. The van der Waals surface area contributed by atoms with Gasteiger partial charge < -0.3 is 34.2 Å². The van der Waals surface area contributed by atoms with E-state index in [2.05, 4.69) is 4.18 Å². The first kappa shape index (κ1) is 52.5. The van der Waals surface area contributed by atoms with Gasteiger partial charge in [0.1, 0.15) is 54.9 Å². The van der Waals surface area contributed by atoms with Crippen LogP contribution in [0.4, 0.5) is 0 Å². The standard InChI is InChI=1S/C40H47NO22S4/c41-31-33(54-21-26-13-5-1-6-14-26)32(61-65(45,46)47)30(25-58-64(42,43)44)59-40(31)60-37-35(56-23-28-17-9-3-10-18-28)34(55-22-27-15-7-2-8-16-27)36(57-24-29-19-11-4-12-20-29)38(62-66(48,49)50)39(37)63-67(51,52)53/h1-20,30-40H,21-25,41H2,(H,42,43,44)(H,45,46,47)(H,48,49,50)(H,51,52,53)/t30-,31-,32-,33-,34+,35+,36-,37-,38-,39+,40-/m1/s1. The normalized spacial score (nSPS) is 27.4. The maximum atomic E-state index is 12.8. The molecule has 1 aliphatic heterocycles. The van der Waals surface area contributed by atoms with Crippen molar-refractivity contribution in [3.8, 4) is 0 Å². The maximum absolute atomic E-state index is 12.8. The molecule has 1 saturated carbocycles. The molecule has 0 spiro atoms. The zero-order chi connectivity index (χ0) is 48.4. The van der Waals surface area contributed by atoms with Crippen molar-refractivity contribution in [2.75, 3.05) is 6.61 Å². The van der Waals surface area contributed by atoms with Gasteiger partial charge in [0.25, 0.3) is 0 Å². The van der Waals surface area contributed by atoms with E-state index in [1.807, 2.05) is 0 Å². The zero-order valence-electron chi connectivity index (χ0n) is 34.8. The first-order valence-electron chi connectivity index (χ1n) is 19.9. The lowest BCUT2D eigenvalue weighted by atomic mass is 9.83. The molecule has 2 aliphatic rings. The summed E-state index contributed by atoms with van der Waals surface area (Å²) in [6, 6.07) is 31.5. The smallest absolute Gasteiger partial charge is 0.369 e. The monoisotopic (exact) mass is 1020 g/mol. The van der Waals surface area contributed by atoms with E-state index in [-0.39, 0.29) is 26.4 Å². The fourth-order valence-corrected chi connectivity index (χ4v) is 9.19. The molecule has 1 saturated heterocycles. The SMILES string of the molecule is N[C@H]1[C@@H](O[C@@H]2[C@@H](OCc3ccccc3)[C@H](OCc3ccccc3)[C@@H](OCc3ccccc3)[C@@H](OS(=O)(=O)O)[C@H]2OS(=O)(=O)O)O[C@H](COS(=O)(=O)O)[C@@H](OS(=O)(=O)O)[C@@H]1OCc1ccccc1. The Hall–Kier alpha value is -3.92. The van der Waals surface area contributed by atoms with Crippen molar-refractivity contribution in [3.63, 3.8) is 0 Å². The van der Waals surface area contributed by atoms with E-state index in [4.69, 9.17) is 46.7 Å². The zero-order valence-corrected chi connectivity index (χ0v) is 38.0. The summed E-state index contributed by atoms with van der Waals surface area (Å²) in [6.07, 6.45) is -20.1. The summed E-state index contributed by atoms with van der Waals surface area (Å²) in [5.41, 5.74) is 8.72. The van der Waals surface area contributed by atoms with Crippen molar-refractivity contribution in [3.05, 3.63) is 144 Å². The summed E-state index contributed by atoms with van der Waals surface area (Å²) < 4.78 is 196. The third-order valence-electron chi connectivity index (χ3n) is 10.1. The summed E-state index contributed by atoms with van der Waals surface area (Å²) in [6.45, 7) is -2.55. The Bertz CT molecular complexity index is 2620. The highest BCUT2D eigenvalue weighted by molar-refractivity contribution is 7.81. The minimum absolute atomic E-state index is 0.268. The first-order valence-corrected chi connectivity index (χ1v) is 25.4. The van der Waals surface area contributed by atoms with Crippen LogP contribution in [0.3, 0.4) is 0 Å². The Balaban J connectivity index is 1.51. The molecule has 0 unspecified atom stereocenters. The largest absolute Gasteiger partial charge is 0.397 e. The van der Waals surface area contributed by atoms with Gasteiger partial charge in [-0.2, -0.15) is 33.7 Å². The van der Waals surface area contributed by atoms with Crippen LogP contribution < -0.4 is 5.73 Å². The fourth-order valence-electron chi connectivity index (χ4n) is 7.37. The summed E-state index contributed by atoms with van der Waals surface area (Å²) in [4.78, 5) is 0. The van der Waals surface area contributed by atoms with Crippen LogP contribution >= 0.6 is 0 Å². The van der Waals surface area contributed by atoms with Crippen LogP contribution in [0.2, 0.25) is 0 Å². The fraction of sp³-hybridized carbons (Fsp3) is 0.400. The lowest BCUT2D eigenvalue weighted by Gasteiger charge is -2.51. The van der Waals surface area contributed by atoms with Gasteiger partial charge in [-0.15, -0.1) is 0 Å². The van der Waals surface area contributed by atoms with Crippen LogP contribution in [-0.2, 0) is 113 Å². The predicted octanol–water partition coefficient (Wildman–Crippen LogP) is 2.16. The van der Waals surface area contributed by atoms with Crippen molar-refractivity contribution in [2.24, 2.45) is 5.73 Å². The van der Waals surface area contributed by atoms with Gasteiger partial charge in [-0.25, -0.2) is 16.7 Å². The Morgan fingerprint density at radius 1 is 0.418 bits per heavy atom. The quantitative estimate of drug-likeness (QED) is 0.0665. The molecule has 1 aliphatic carbocycles. The number of rotatable bonds is 23. The van der Waals surface area contributed by atoms with Crippen molar-refractivity contribution in [1.29, 1.82) is 0 Å².